The van der Waals surface area contributed by atoms with Gasteiger partial charge in [-0.3, -0.25) is 0 Å². The maximum Gasteiger partial charge on any atom is 0.164 e. The number of fused-ring (bicyclic) bond motifs is 11. The second-order valence-electron chi connectivity index (χ2n) is 13.9. The Morgan fingerprint density at radius 1 is 0.264 bits per heavy atom. The normalized spacial score (nSPS) is 13.1. The van der Waals surface area contributed by atoms with Gasteiger partial charge in [-0.2, -0.15) is 0 Å². The summed E-state index contributed by atoms with van der Waals surface area (Å²) < 4.78 is 0. The van der Waals surface area contributed by atoms with E-state index in [1.54, 1.807) is 0 Å². The highest BCUT2D eigenvalue weighted by Crippen LogP contribution is 2.63. The molecule has 3 heteroatoms. The minimum atomic E-state index is -0.391. The monoisotopic (exact) mass is 673 g/mol. The van der Waals surface area contributed by atoms with Crippen LogP contribution in [0.2, 0.25) is 0 Å². The van der Waals surface area contributed by atoms with Gasteiger partial charge in [-0.15, -0.1) is 0 Å². The predicted octanol–water partition coefficient (Wildman–Crippen LogP) is 12.0. The molecule has 0 unspecified atom stereocenters. The van der Waals surface area contributed by atoms with Crippen molar-refractivity contribution in [2.24, 2.45) is 0 Å². The summed E-state index contributed by atoms with van der Waals surface area (Å²) in [5.41, 5.74) is 15.5. The first-order valence-electron chi connectivity index (χ1n) is 18.1. The van der Waals surface area contributed by atoms with E-state index in [1.165, 1.54) is 55.6 Å². The van der Waals surface area contributed by atoms with Crippen molar-refractivity contribution in [1.82, 2.24) is 15.0 Å². The molecule has 0 amide bonds. The molecule has 0 saturated carbocycles. The average molecular weight is 674 g/mol. The zero-order valence-corrected chi connectivity index (χ0v) is 28.7. The van der Waals surface area contributed by atoms with Crippen LogP contribution in [0.1, 0.15) is 22.3 Å². The Kier molecular flexibility index (Phi) is 6.47. The number of aromatic nitrogens is 3. The van der Waals surface area contributed by atoms with Crippen LogP contribution in [0.15, 0.2) is 188 Å². The van der Waals surface area contributed by atoms with Crippen LogP contribution in [-0.4, -0.2) is 15.0 Å². The Morgan fingerprint density at radius 3 is 1.23 bits per heavy atom. The summed E-state index contributed by atoms with van der Waals surface area (Å²) >= 11 is 0. The molecular weight excluding hydrogens is 643 g/mol. The SMILES string of the molecule is c1ccc(-c2nc(-c3ccccc3)nc(-c3cccc4c(-c5ccc6c(c5)C5(c7ccccc7-c7ccccc75)c5ccccc5-6)cccc34)n2)cc1. The summed E-state index contributed by atoms with van der Waals surface area (Å²) in [5.74, 6) is 1.97. The van der Waals surface area contributed by atoms with Crippen LogP contribution >= 0.6 is 0 Å². The molecule has 0 N–H and O–H groups in total. The quantitative estimate of drug-likeness (QED) is 0.187. The fraction of sp³-hybridized carbons (Fsp3) is 0.0200. The lowest BCUT2D eigenvalue weighted by molar-refractivity contribution is 0.794. The maximum absolute atomic E-state index is 5.09. The molecule has 0 bridgehead atoms. The van der Waals surface area contributed by atoms with Crippen molar-refractivity contribution < 1.29 is 0 Å². The van der Waals surface area contributed by atoms with Gasteiger partial charge >= 0.3 is 0 Å². The highest BCUT2D eigenvalue weighted by Gasteiger charge is 2.51. The molecule has 0 atom stereocenters. The minimum absolute atomic E-state index is 0.391. The van der Waals surface area contributed by atoms with Gasteiger partial charge in [0, 0.05) is 16.7 Å². The van der Waals surface area contributed by atoms with E-state index in [4.69, 9.17) is 15.0 Å². The van der Waals surface area contributed by atoms with Crippen molar-refractivity contribution in [2.45, 2.75) is 5.41 Å². The molecular formula is C50H31N3. The van der Waals surface area contributed by atoms with Crippen LogP contribution in [0.5, 0.6) is 0 Å². The van der Waals surface area contributed by atoms with Crippen molar-refractivity contribution in [3.05, 3.63) is 210 Å². The molecule has 1 spiro atoms. The third kappa shape index (κ3) is 4.31. The van der Waals surface area contributed by atoms with E-state index in [2.05, 4.69) is 152 Å². The van der Waals surface area contributed by atoms with Gasteiger partial charge in [-0.05, 0) is 72.5 Å². The van der Waals surface area contributed by atoms with E-state index < -0.39 is 5.41 Å². The smallest absolute Gasteiger partial charge is 0.164 e. The van der Waals surface area contributed by atoms with E-state index >= 15 is 0 Å². The lowest BCUT2D eigenvalue weighted by Crippen LogP contribution is -2.25. The number of nitrogens with zero attached hydrogens (tertiary/aromatic N) is 3. The molecule has 1 aromatic heterocycles. The molecule has 246 valence electrons. The first kappa shape index (κ1) is 29.7. The Bertz CT molecular complexity index is 2770. The molecule has 0 aliphatic heterocycles. The average Bonchev–Trinajstić information content (AvgIpc) is 3.71. The van der Waals surface area contributed by atoms with Crippen LogP contribution in [-0.2, 0) is 5.41 Å². The van der Waals surface area contributed by atoms with Crippen LogP contribution in [0.4, 0.5) is 0 Å². The molecule has 53 heavy (non-hydrogen) atoms. The van der Waals surface area contributed by atoms with Crippen molar-refractivity contribution in [1.29, 1.82) is 0 Å². The van der Waals surface area contributed by atoms with Gasteiger partial charge < -0.3 is 0 Å². The number of benzene rings is 8. The lowest BCUT2D eigenvalue weighted by atomic mass is 9.70. The molecule has 2 aliphatic carbocycles. The molecule has 8 aromatic carbocycles. The van der Waals surface area contributed by atoms with Gasteiger partial charge in [0.15, 0.2) is 17.5 Å². The third-order valence-electron chi connectivity index (χ3n) is 11.2. The lowest BCUT2D eigenvalue weighted by Gasteiger charge is -2.30. The van der Waals surface area contributed by atoms with Gasteiger partial charge in [0.1, 0.15) is 0 Å². The van der Waals surface area contributed by atoms with E-state index in [0.29, 0.717) is 17.5 Å². The molecule has 0 fully saturated rings. The van der Waals surface area contributed by atoms with Gasteiger partial charge in [0.05, 0.1) is 5.41 Å². The fourth-order valence-electron chi connectivity index (χ4n) is 8.95. The summed E-state index contributed by atoms with van der Waals surface area (Å²) in [4.78, 5) is 15.1. The van der Waals surface area contributed by atoms with Crippen molar-refractivity contribution in [3.8, 4) is 67.5 Å². The minimum Gasteiger partial charge on any atom is -0.208 e. The Balaban J connectivity index is 1.12. The van der Waals surface area contributed by atoms with E-state index in [1.807, 2.05) is 36.4 Å². The van der Waals surface area contributed by atoms with Crippen LogP contribution < -0.4 is 0 Å². The Hall–Kier alpha value is -6.97. The maximum atomic E-state index is 5.09. The summed E-state index contributed by atoms with van der Waals surface area (Å²) in [7, 11) is 0. The number of hydrogen-bond acceptors (Lipinski definition) is 3. The molecule has 9 aromatic rings. The third-order valence-corrected chi connectivity index (χ3v) is 11.2. The zero-order valence-electron chi connectivity index (χ0n) is 28.7. The van der Waals surface area contributed by atoms with Crippen LogP contribution in [0.25, 0.3) is 78.3 Å². The number of hydrogen-bond donors (Lipinski definition) is 0. The standard InChI is InChI=1S/C50H31N3/c1-3-15-32(16-4-1)47-51-48(33-17-5-2-6-18-33)53-49(52-47)42-25-14-23-36-35(22-13-24-37(36)42)34-29-30-41-40-21-9-12-28-45(40)50(46(41)31-34)43-26-10-7-19-38(43)39-20-8-11-27-44(39)50/h1-31H. The molecule has 11 rings (SSSR count). The van der Waals surface area contributed by atoms with Crippen LogP contribution in [0, 0.1) is 0 Å². The summed E-state index contributed by atoms with van der Waals surface area (Å²) in [5, 5.41) is 2.26. The first-order valence-corrected chi connectivity index (χ1v) is 18.1. The molecule has 0 radical (unpaired) electrons. The van der Waals surface area contributed by atoms with E-state index in [9.17, 15) is 0 Å². The van der Waals surface area contributed by atoms with Crippen molar-refractivity contribution >= 4 is 10.8 Å². The summed E-state index contributed by atoms with van der Waals surface area (Å²) in [6, 6.07) is 67.4. The fourth-order valence-corrected chi connectivity index (χ4v) is 8.95. The first-order chi connectivity index (χ1) is 26.3. The highest BCUT2D eigenvalue weighted by atomic mass is 15.0. The molecule has 2 aliphatic rings. The van der Waals surface area contributed by atoms with Gasteiger partial charge in [-0.1, -0.05) is 182 Å². The predicted molar refractivity (Wildman–Crippen MR) is 215 cm³/mol. The van der Waals surface area contributed by atoms with Crippen molar-refractivity contribution in [3.63, 3.8) is 0 Å². The number of rotatable bonds is 4. The van der Waals surface area contributed by atoms with Gasteiger partial charge in [0.25, 0.3) is 0 Å². The second kappa shape index (κ2) is 11.5. The van der Waals surface area contributed by atoms with Gasteiger partial charge in [0.2, 0.25) is 0 Å². The molecule has 0 saturated heterocycles. The summed E-state index contributed by atoms with van der Waals surface area (Å²) in [6.45, 7) is 0. The zero-order chi connectivity index (χ0) is 34.9. The molecule has 3 nitrogen and oxygen atoms in total. The summed E-state index contributed by atoms with van der Waals surface area (Å²) in [6.07, 6.45) is 0. The molecule has 1 heterocycles. The van der Waals surface area contributed by atoms with E-state index in [0.717, 1.165) is 27.5 Å². The van der Waals surface area contributed by atoms with E-state index in [-0.39, 0.29) is 0 Å². The Morgan fingerprint density at radius 2 is 0.679 bits per heavy atom. The van der Waals surface area contributed by atoms with Crippen molar-refractivity contribution in [2.75, 3.05) is 0 Å². The Labute approximate surface area is 308 Å². The second-order valence-corrected chi connectivity index (χ2v) is 13.9. The topological polar surface area (TPSA) is 38.7 Å². The van der Waals surface area contributed by atoms with Crippen LogP contribution in [0.3, 0.4) is 0 Å². The largest absolute Gasteiger partial charge is 0.208 e. The van der Waals surface area contributed by atoms with Gasteiger partial charge in [-0.25, -0.2) is 15.0 Å². The highest BCUT2D eigenvalue weighted by molar-refractivity contribution is 6.05.